The van der Waals surface area contributed by atoms with Crippen molar-refractivity contribution in [2.45, 2.75) is 58.4 Å². The second-order valence-electron chi connectivity index (χ2n) is 8.25. The van der Waals surface area contributed by atoms with E-state index in [1.807, 2.05) is 25.1 Å². The average Bonchev–Trinajstić information content (AvgIpc) is 2.78. The van der Waals surface area contributed by atoms with Crippen molar-refractivity contribution in [3.8, 4) is 0 Å². The molecule has 1 aliphatic heterocycles. The highest BCUT2D eigenvalue weighted by Crippen LogP contribution is 2.31. The highest BCUT2D eigenvalue weighted by molar-refractivity contribution is 5.93. The number of rotatable bonds is 9. The minimum Gasteiger partial charge on any atom is -0.309 e. The minimum absolute atomic E-state index is 0.250. The highest BCUT2D eigenvalue weighted by Gasteiger charge is 2.35. The molecule has 0 unspecified atom stereocenters. The van der Waals surface area contributed by atoms with Gasteiger partial charge in [0.1, 0.15) is 0 Å². The molecule has 156 valence electrons. The number of unbranched alkanes of at least 4 members (excludes halogenated alkanes) is 1. The molecule has 1 aliphatic rings. The molecule has 29 heavy (non-hydrogen) atoms. The zero-order valence-electron chi connectivity index (χ0n) is 18.1. The summed E-state index contributed by atoms with van der Waals surface area (Å²) in [5.41, 5.74) is 2.47. The Morgan fingerprint density at radius 2 is 1.72 bits per heavy atom. The van der Waals surface area contributed by atoms with E-state index < -0.39 is 0 Å². The number of likely N-dealkylation sites (tertiary alicyclic amines) is 1. The second kappa shape index (κ2) is 11.2. The highest BCUT2D eigenvalue weighted by atomic mass is 16.2. The van der Waals surface area contributed by atoms with Gasteiger partial charge in [-0.1, -0.05) is 75.2 Å². The molecule has 0 aliphatic carbocycles. The zero-order valence-corrected chi connectivity index (χ0v) is 18.1. The van der Waals surface area contributed by atoms with Gasteiger partial charge in [0.05, 0.1) is 0 Å². The Hall–Kier alpha value is -2.13. The van der Waals surface area contributed by atoms with Crippen molar-refractivity contribution in [2.24, 2.45) is 5.92 Å². The van der Waals surface area contributed by atoms with Crippen LogP contribution in [-0.2, 0) is 11.2 Å². The molecule has 0 spiro atoms. The van der Waals surface area contributed by atoms with Gasteiger partial charge in [-0.3, -0.25) is 4.79 Å². The van der Waals surface area contributed by atoms with Crippen molar-refractivity contribution in [2.75, 3.05) is 24.5 Å². The van der Waals surface area contributed by atoms with Crippen LogP contribution in [0.4, 0.5) is 5.69 Å². The number of nitrogens with zero attached hydrogens (tertiary/aromatic N) is 2. The normalized spacial score (nSPS) is 19.8. The first-order valence-electron chi connectivity index (χ1n) is 11.4. The van der Waals surface area contributed by atoms with Crippen LogP contribution in [0.1, 0.15) is 51.5 Å². The number of carbonyl (C=O) groups is 1. The fourth-order valence-electron chi connectivity index (χ4n) is 4.60. The number of hydrogen-bond donors (Lipinski definition) is 0. The topological polar surface area (TPSA) is 23.6 Å². The van der Waals surface area contributed by atoms with Gasteiger partial charge < -0.3 is 9.80 Å². The summed E-state index contributed by atoms with van der Waals surface area (Å²) < 4.78 is 0. The van der Waals surface area contributed by atoms with E-state index in [9.17, 15) is 4.79 Å². The summed E-state index contributed by atoms with van der Waals surface area (Å²) >= 11 is 0. The Labute approximate surface area is 176 Å². The summed E-state index contributed by atoms with van der Waals surface area (Å²) in [4.78, 5) is 17.7. The molecule has 3 rings (SSSR count). The number of benzene rings is 2. The monoisotopic (exact) mass is 392 g/mol. The van der Waals surface area contributed by atoms with Gasteiger partial charge in [-0.15, -0.1) is 0 Å². The molecule has 1 amide bonds. The standard InChI is InChI=1S/C26H36N2O/c1-3-5-14-23-21-27(19-17-22-12-8-6-9-13-22)20-18-25(23)28(26(29)4-2)24-15-10-7-11-16-24/h6-13,15-16,23,25H,3-5,14,17-21H2,1-2H3/t23-,25+/m1/s1. The predicted octanol–water partition coefficient (Wildman–Crippen LogP) is 5.55. The van der Waals surface area contributed by atoms with Crippen LogP contribution in [0.15, 0.2) is 60.7 Å². The first-order chi connectivity index (χ1) is 14.2. The third-order valence-corrected chi connectivity index (χ3v) is 6.20. The van der Waals surface area contributed by atoms with Crippen molar-refractivity contribution in [3.63, 3.8) is 0 Å². The van der Waals surface area contributed by atoms with E-state index in [1.54, 1.807) is 0 Å². The van der Waals surface area contributed by atoms with Crippen LogP contribution in [0, 0.1) is 5.92 Å². The maximum atomic E-state index is 12.9. The van der Waals surface area contributed by atoms with Crippen molar-refractivity contribution < 1.29 is 4.79 Å². The molecule has 1 saturated heterocycles. The van der Waals surface area contributed by atoms with Gasteiger partial charge >= 0.3 is 0 Å². The lowest BCUT2D eigenvalue weighted by Crippen LogP contribution is -2.53. The van der Waals surface area contributed by atoms with Crippen LogP contribution >= 0.6 is 0 Å². The van der Waals surface area contributed by atoms with Crippen LogP contribution in [-0.4, -0.2) is 36.5 Å². The predicted molar refractivity (Wildman–Crippen MR) is 122 cm³/mol. The lowest BCUT2D eigenvalue weighted by Gasteiger charge is -2.44. The second-order valence-corrected chi connectivity index (χ2v) is 8.25. The van der Waals surface area contributed by atoms with Crippen LogP contribution in [0.25, 0.3) is 0 Å². The van der Waals surface area contributed by atoms with Gasteiger partial charge in [0, 0.05) is 37.8 Å². The maximum absolute atomic E-state index is 12.9. The number of anilines is 1. The molecule has 0 bridgehead atoms. The molecule has 2 atom stereocenters. The maximum Gasteiger partial charge on any atom is 0.226 e. The summed E-state index contributed by atoms with van der Waals surface area (Å²) in [6.45, 7) is 7.51. The molecular weight excluding hydrogens is 356 g/mol. The van der Waals surface area contributed by atoms with Crippen molar-refractivity contribution in [3.05, 3.63) is 66.2 Å². The third-order valence-electron chi connectivity index (χ3n) is 6.20. The van der Waals surface area contributed by atoms with Gasteiger partial charge in [-0.2, -0.15) is 0 Å². The number of piperidine rings is 1. The molecule has 1 heterocycles. The number of para-hydroxylation sites is 1. The van der Waals surface area contributed by atoms with E-state index in [0.717, 1.165) is 38.2 Å². The van der Waals surface area contributed by atoms with Crippen LogP contribution in [0.5, 0.6) is 0 Å². The molecule has 3 heteroatoms. The van der Waals surface area contributed by atoms with Gasteiger partial charge in [0.15, 0.2) is 0 Å². The molecule has 2 aromatic carbocycles. The number of amides is 1. The minimum atomic E-state index is 0.250. The molecular formula is C26H36N2O. The van der Waals surface area contributed by atoms with E-state index in [-0.39, 0.29) is 5.91 Å². The molecule has 0 N–H and O–H groups in total. The van der Waals surface area contributed by atoms with E-state index in [0.29, 0.717) is 18.4 Å². The number of hydrogen-bond acceptors (Lipinski definition) is 2. The summed E-state index contributed by atoms with van der Waals surface area (Å²) in [6.07, 6.45) is 6.36. The SMILES string of the molecule is CCCC[C@@H]1CN(CCc2ccccc2)CC[C@@H]1N(C(=O)CC)c1ccccc1. The zero-order chi connectivity index (χ0) is 20.5. The van der Waals surface area contributed by atoms with Crippen molar-refractivity contribution >= 4 is 11.6 Å². The number of carbonyl (C=O) groups excluding carboxylic acids is 1. The molecule has 1 fully saturated rings. The molecule has 0 aromatic heterocycles. The fraction of sp³-hybridized carbons (Fsp3) is 0.500. The van der Waals surface area contributed by atoms with Crippen LogP contribution < -0.4 is 4.90 Å². The third kappa shape index (κ3) is 5.93. The first kappa shape index (κ1) is 21.6. The quantitative estimate of drug-likeness (QED) is 0.558. The van der Waals surface area contributed by atoms with Gasteiger partial charge in [0.2, 0.25) is 5.91 Å². The lowest BCUT2D eigenvalue weighted by atomic mass is 9.86. The van der Waals surface area contributed by atoms with Crippen LogP contribution in [0.3, 0.4) is 0 Å². The summed E-state index contributed by atoms with van der Waals surface area (Å²) in [5, 5.41) is 0. The molecule has 0 saturated carbocycles. The Balaban J connectivity index is 1.72. The Bertz CT molecular complexity index is 731. The molecule has 2 aromatic rings. The van der Waals surface area contributed by atoms with E-state index >= 15 is 0 Å². The van der Waals surface area contributed by atoms with E-state index in [2.05, 4.69) is 59.2 Å². The van der Waals surface area contributed by atoms with Crippen molar-refractivity contribution in [1.29, 1.82) is 0 Å². The summed E-state index contributed by atoms with van der Waals surface area (Å²) in [7, 11) is 0. The smallest absolute Gasteiger partial charge is 0.226 e. The Morgan fingerprint density at radius 1 is 1.03 bits per heavy atom. The van der Waals surface area contributed by atoms with Gasteiger partial charge in [0.25, 0.3) is 0 Å². The largest absolute Gasteiger partial charge is 0.309 e. The van der Waals surface area contributed by atoms with Crippen molar-refractivity contribution in [1.82, 2.24) is 4.90 Å². The van der Waals surface area contributed by atoms with Crippen LogP contribution in [0.2, 0.25) is 0 Å². The average molecular weight is 393 g/mol. The fourth-order valence-corrected chi connectivity index (χ4v) is 4.60. The van der Waals surface area contributed by atoms with Gasteiger partial charge in [-0.25, -0.2) is 0 Å². The van der Waals surface area contributed by atoms with Gasteiger partial charge in [-0.05, 0) is 42.9 Å². The summed E-state index contributed by atoms with van der Waals surface area (Å²) in [5.74, 6) is 0.788. The first-order valence-corrected chi connectivity index (χ1v) is 11.4. The molecule has 3 nitrogen and oxygen atoms in total. The van der Waals surface area contributed by atoms with E-state index in [1.165, 1.54) is 24.8 Å². The Morgan fingerprint density at radius 3 is 2.38 bits per heavy atom. The van der Waals surface area contributed by atoms with E-state index in [4.69, 9.17) is 0 Å². The Kier molecular flexibility index (Phi) is 8.30. The molecule has 0 radical (unpaired) electrons. The summed E-state index contributed by atoms with van der Waals surface area (Å²) in [6, 6.07) is 21.4. The lowest BCUT2D eigenvalue weighted by molar-refractivity contribution is -0.119.